The average Bonchev–Trinajstić information content (AvgIpc) is 2.26. The van der Waals surface area contributed by atoms with Crippen molar-refractivity contribution in [1.82, 2.24) is 19.9 Å². The number of rotatable bonds is 3. The molecule has 1 atom stereocenters. The Morgan fingerprint density at radius 3 is 2.63 bits per heavy atom. The van der Waals surface area contributed by atoms with Crippen LogP contribution < -0.4 is 15.4 Å². The molecular formula is C12H22N6O. The van der Waals surface area contributed by atoms with E-state index in [9.17, 15) is 0 Å². The summed E-state index contributed by atoms with van der Waals surface area (Å²) in [7, 11) is 2.11. The zero-order valence-electron chi connectivity index (χ0n) is 12.0. The first kappa shape index (κ1) is 13.8. The van der Waals surface area contributed by atoms with Gasteiger partial charge in [0.15, 0.2) is 0 Å². The molecule has 2 rings (SSSR count). The van der Waals surface area contributed by atoms with E-state index in [1.807, 2.05) is 13.8 Å². The van der Waals surface area contributed by atoms with Gasteiger partial charge in [0, 0.05) is 25.7 Å². The number of aromatic nitrogens is 3. The number of hydrogen-bond donors (Lipinski definition) is 1. The van der Waals surface area contributed by atoms with E-state index in [1.165, 1.54) is 0 Å². The Labute approximate surface area is 113 Å². The summed E-state index contributed by atoms with van der Waals surface area (Å²) in [5.74, 6) is 0.801. The van der Waals surface area contributed by atoms with Crippen molar-refractivity contribution in [3.63, 3.8) is 0 Å². The number of anilines is 2. The van der Waals surface area contributed by atoms with E-state index in [4.69, 9.17) is 10.5 Å². The van der Waals surface area contributed by atoms with Crippen molar-refractivity contribution in [2.75, 3.05) is 37.3 Å². The third-order valence-electron chi connectivity index (χ3n) is 3.05. The molecule has 1 aliphatic heterocycles. The van der Waals surface area contributed by atoms with Crippen LogP contribution in [-0.2, 0) is 0 Å². The zero-order valence-corrected chi connectivity index (χ0v) is 12.0. The van der Waals surface area contributed by atoms with Crippen molar-refractivity contribution in [1.29, 1.82) is 0 Å². The van der Waals surface area contributed by atoms with E-state index < -0.39 is 0 Å². The minimum Gasteiger partial charge on any atom is -0.461 e. The maximum atomic E-state index is 5.74. The Hall–Kier alpha value is -1.63. The topological polar surface area (TPSA) is 80.4 Å². The van der Waals surface area contributed by atoms with E-state index in [0.717, 1.165) is 19.6 Å². The average molecular weight is 266 g/mol. The van der Waals surface area contributed by atoms with Crippen molar-refractivity contribution in [3.8, 4) is 6.01 Å². The highest BCUT2D eigenvalue weighted by Crippen LogP contribution is 2.19. The molecule has 0 amide bonds. The fourth-order valence-corrected chi connectivity index (χ4v) is 2.19. The Morgan fingerprint density at radius 2 is 2.00 bits per heavy atom. The summed E-state index contributed by atoms with van der Waals surface area (Å²) >= 11 is 0. The standard InChI is InChI=1S/C12H22N6O/c1-8(2)19-12-15-10(13)14-11(16-12)18-6-5-17(4)7-9(18)3/h8-9H,5-7H2,1-4H3,(H2,13,14,15,16). The molecule has 2 heterocycles. The molecule has 0 aliphatic carbocycles. The van der Waals surface area contributed by atoms with Gasteiger partial charge in [0.25, 0.3) is 0 Å². The lowest BCUT2D eigenvalue weighted by Crippen LogP contribution is -2.51. The van der Waals surface area contributed by atoms with Gasteiger partial charge in [-0.3, -0.25) is 0 Å². The molecule has 7 heteroatoms. The first-order valence-electron chi connectivity index (χ1n) is 6.59. The molecule has 7 nitrogen and oxygen atoms in total. The third kappa shape index (κ3) is 3.44. The minimum absolute atomic E-state index is 0.0135. The summed E-state index contributed by atoms with van der Waals surface area (Å²) in [5.41, 5.74) is 5.74. The number of hydrogen-bond acceptors (Lipinski definition) is 7. The molecule has 0 radical (unpaired) electrons. The molecule has 0 spiro atoms. The van der Waals surface area contributed by atoms with Crippen LogP contribution in [-0.4, -0.2) is 58.7 Å². The van der Waals surface area contributed by atoms with Gasteiger partial charge in [-0.1, -0.05) is 0 Å². The van der Waals surface area contributed by atoms with Gasteiger partial charge in [0.2, 0.25) is 11.9 Å². The van der Waals surface area contributed by atoms with Crippen LogP contribution in [0, 0.1) is 0 Å². The van der Waals surface area contributed by atoms with Crippen LogP contribution in [0.1, 0.15) is 20.8 Å². The summed E-state index contributed by atoms with van der Waals surface area (Å²) in [4.78, 5) is 17.0. The number of nitrogen functional groups attached to an aromatic ring is 1. The second-order valence-corrected chi connectivity index (χ2v) is 5.25. The van der Waals surface area contributed by atoms with Crippen molar-refractivity contribution < 1.29 is 4.74 Å². The van der Waals surface area contributed by atoms with Gasteiger partial charge < -0.3 is 20.3 Å². The predicted molar refractivity (Wildman–Crippen MR) is 74.3 cm³/mol. The molecular weight excluding hydrogens is 244 g/mol. The van der Waals surface area contributed by atoms with Crippen LogP contribution in [0.15, 0.2) is 0 Å². The van der Waals surface area contributed by atoms with E-state index >= 15 is 0 Å². The van der Waals surface area contributed by atoms with Gasteiger partial charge in [-0.05, 0) is 27.8 Å². The van der Waals surface area contributed by atoms with Gasteiger partial charge >= 0.3 is 6.01 Å². The van der Waals surface area contributed by atoms with Crippen molar-refractivity contribution in [2.24, 2.45) is 0 Å². The Balaban J connectivity index is 2.21. The van der Waals surface area contributed by atoms with Crippen LogP contribution in [0.5, 0.6) is 6.01 Å². The highest BCUT2D eigenvalue weighted by atomic mass is 16.5. The van der Waals surface area contributed by atoms with Crippen LogP contribution in [0.3, 0.4) is 0 Å². The quantitative estimate of drug-likeness (QED) is 0.847. The van der Waals surface area contributed by atoms with Crippen LogP contribution in [0.2, 0.25) is 0 Å². The largest absolute Gasteiger partial charge is 0.461 e. The maximum absolute atomic E-state index is 5.74. The zero-order chi connectivity index (χ0) is 14.0. The fourth-order valence-electron chi connectivity index (χ4n) is 2.19. The fraction of sp³-hybridized carbons (Fsp3) is 0.750. The highest BCUT2D eigenvalue weighted by molar-refractivity contribution is 5.37. The summed E-state index contributed by atoms with van der Waals surface area (Å²) in [6.45, 7) is 8.85. The maximum Gasteiger partial charge on any atom is 0.323 e. The Bertz CT molecular complexity index is 438. The van der Waals surface area contributed by atoms with Gasteiger partial charge in [-0.2, -0.15) is 15.0 Å². The van der Waals surface area contributed by atoms with Gasteiger partial charge in [0.05, 0.1) is 6.10 Å². The van der Waals surface area contributed by atoms with E-state index in [1.54, 1.807) is 0 Å². The van der Waals surface area contributed by atoms with Crippen LogP contribution in [0.25, 0.3) is 0 Å². The van der Waals surface area contributed by atoms with Crippen LogP contribution in [0.4, 0.5) is 11.9 Å². The lowest BCUT2D eigenvalue weighted by molar-refractivity contribution is 0.221. The molecule has 106 valence electrons. The van der Waals surface area contributed by atoms with Crippen LogP contribution >= 0.6 is 0 Å². The SMILES string of the molecule is CC(C)Oc1nc(N)nc(N2CCN(C)CC2C)n1. The van der Waals surface area contributed by atoms with Crippen molar-refractivity contribution in [3.05, 3.63) is 0 Å². The number of piperazine rings is 1. The molecule has 1 aromatic heterocycles. The molecule has 1 fully saturated rings. The summed E-state index contributed by atoms with van der Waals surface area (Å²) in [5, 5.41) is 0. The summed E-state index contributed by atoms with van der Waals surface area (Å²) in [6.07, 6.45) is 0.0135. The third-order valence-corrected chi connectivity index (χ3v) is 3.05. The first-order valence-corrected chi connectivity index (χ1v) is 6.59. The second kappa shape index (κ2) is 5.56. The molecule has 1 unspecified atom stereocenters. The predicted octanol–water partition coefficient (Wildman–Crippen LogP) is 0.381. The van der Waals surface area contributed by atoms with E-state index in [2.05, 4.69) is 38.7 Å². The number of likely N-dealkylation sites (N-methyl/N-ethyl adjacent to an activating group) is 1. The number of nitrogens with two attached hydrogens (primary N) is 1. The molecule has 1 aliphatic rings. The van der Waals surface area contributed by atoms with E-state index in [-0.39, 0.29) is 12.1 Å². The first-order chi connectivity index (χ1) is 8.95. The summed E-state index contributed by atoms with van der Waals surface area (Å²) in [6, 6.07) is 0.635. The minimum atomic E-state index is 0.0135. The molecule has 19 heavy (non-hydrogen) atoms. The van der Waals surface area contributed by atoms with Crippen molar-refractivity contribution >= 4 is 11.9 Å². The number of ether oxygens (including phenoxy) is 1. The molecule has 1 saturated heterocycles. The van der Waals surface area contributed by atoms with Gasteiger partial charge in [-0.25, -0.2) is 0 Å². The Morgan fingerprint density at radius 1 is 1.26 bits per heavy atom. The monoisotopic (exact) mass is 266 g/mol. The second-order valence-electron chi connectivity index (χ2n) is 5.25. The van der Waals surface area contributed by atoms with Crippen molar-refractivity contribution in [2.45, 2.75) is 32.9 Å². The molecule has 0 saturated carbocycles. The normalized spacial score (nSPS) is 20.9. The molecule has 0 aromatic carbocycles. The number of nitrogens with zero attached hydrogens (tertiary/aromatic N) is 5. The lowest BCUT2D eigenvalue weighted by atomic mass is 10.2. The highest BCUT2D eigenvalue weighted by Gasteiger charge is 2.24. The van der Waals surface area contributed by atoms with Gasteiger partial charge in [-0.15, -0.1) is 0 Å². The molecule has 2 N–H and O–H groups in total. The summed E-state index contributed by atoms with van der Waals surface area (Å²) < 4.78 is 5.50. The van der Waals surface area contributed by atoms with E-state index in [0.29, 0.717) is 18.0 Å². The van der Waals surface area contributed by atoms with Gasteiger partial charge in [0.1, 0.15) is 0 Å². The Kier molecular flexibility index (Phi) is 4.04. The molecule has 0 bridgehead atoms. The smallest absolute Gasteiger partial charge is 0.323 e. The molecule has 1 aromatic rings. The lowest BCUT2D eigenvalue weighted by Gasteiger charge is -2.38.